The second-order valence-corrected chi connectivity index (χ2v) is 6.81. The largest absolute Gasteiger partial charge is 0.354 e. The van der Waals surface area contributed by atoms with Crippen LogP contribution in [-0.4, -0.2) is 26.8 Å². The van der Waals surface area contributed by atoms with Gasteiger partial charge in [-0.1, -0.05) is 49.6 Å². The third-order valence-electron chi connectivity index (χ3n) is 4.92. The Hall–Kier alpha value is -2.37. The Morgan fingerprint density at radius 2 is 1.92 bits per heavy atom. The third kappa shape index (κ3) is 4.38. The van der Waals surface area contributed by atoms with Gasteiger partial charge in [0.1, 0.15) is 0 Å². The first-order valence-corrected chi connectivity index (χ1v) is 9.11. The van der Waals surface area contributed by atoms with Gasteiger partial charge in [-0.15, -0.1) is 5.10 Å². The van der Waals surface area contributed by atoms with E-state index in [-0.39, 0.29) is 11.6 Å². The van der Waals surface area contributed by atoms with Crippen LogP contribution in [0.4, 0.5) is 0 Å². The molecule has 1 aliphatic rings. The van der Waals surface area contributed by atoms with Gasteiger partial charge in [0.05, 0.1) is 6.54 Å². The first-order chi connectivity index (χ1) is 12.1. The summed E-state index contributed by atoms with van der Waals surface area (Å²) in [4.78, 5) is 24.4. The first-order valence-electron chi connectivity index (χ1n) is 9.11. The molecule has 1 saturated carbocycles. The summed E-state index contributed by atoms with van der Waals surface area (Å²) in [5, 5.41) is 7.33. The Morgan fingerprint density at radius 1 is 1.20 bits per heavy atom. The summed E-state index contributed by atoms with van der Waals surface area (Å²) in [7, 11) is 1.72. The molecule has 1 fully saturated rings. The molecule has 0 unspecified atom stereocenters. The van der Waals surface area contributed by atoms with Crippen molar-refractivity contribution >= 4 is 5.91 Å². The summed E-state index contributed by atoms with van der Waals surface area (Å²) in [5.74, 6) is 1.24. The predicted octanol–water partition coefficient (Wildman–Crippen LogP) is 2.34. The van der Waals surface area contributed by atoms with Gasteiger partial charge < -0.3 is 5.32 Å². The molecule has 2 aromatic rings. The average Bonchev–Trinajstić information content (AvgIpc) is 2.92. The SMILES string of the molecule is Cn1c(-c2ccccc2)nn(CCNC(=O)CC2CCCCC2)c1=O. The van der Waals surface area contributed by atoms with E-state index in [2.05, 4.69) is 10.4 Å². The molecule has 1 aliphatic carbocycles. The van der Waals surface area contributed by atoms with Gasteiger partial charge in [0.15, 0.2) is 5.82 Å². The van der Waals surface area contributed by atoms with Crippen molar-refractivity contribution in [2.45, 2.75) is 45.1 Å². The highest BCUT2D eigenvalue weighted by atomic mass is 16.2. The van der Waals surface area contributed by atoms with Crippen LogP contribution in [0.2, 0.25) is 0 Å². The van der Waals surface area contributed by atoms with E-state index in [0.29, 0.717) is 31.3 Å². The Kier molecular flexibility index (Phi) is 5.68. The second-order valence-electron chi connectivity index (χ2n) is 6.81. The first kappa shape index (κ1) is 17.5. The molecule has 0 atom stereocenters. The lowest BCUT2D eigenvalue weighted by molar-refractivity contribution is -0.122. The van der Waals surface area contributed by atoms with Gasteiger partial charge in [-0.25, -0.2) is 9.48 Å². The molecule has 1 aromatic carbocycles. The summed E-state index contributed by atoms with van der Waals surface area (Å²) >= 11 is 0. The molecule has 3 rings (SSSR count). The van der Waals surface area contributed by atoms with Crippen molar-refractivity contribution < 1.29 is 4.79 Å². The Labute approximate surface area is 147 Å². The summed E-state index contributed by atoms with van der Waals surface area (Å²) in [6.45, 7) is 0.812. The third-order valence-corrected chi connectivity index (χ3v) is 4.92. The summed E-state index contributed by atoms with van der Waals surface area (Å²) in [5.41, 5.74) is 0.738. The van der Waals surface area contributed by atoms with Gasteiger partial charge in [0.25, 0.3) is 0 Å². The maximum atomic E-state index is 12.3. The summed E-state index contributed by atoms with van der Waals surface area (Å²) in [6.07, 6.45) is 6.70. The number of carbonyl (C=O) groups is 1. The average molecular weight is 342 g/mol. The Morgan fingerprint density at radius 3 is 2.64 bits per heavy atom. The number of carbonyl (C=O) groups excluding carboxylic acids is 1. The molecule has 6 nitrogen and oxygen atoms in total. The van der Waals surface area contributed by atoms with Crippen LogP contribution in [0.1, 0.15) is 38.5 Å². The highest BCUT2D eigenvalue weighted by Crippen LogP contribution is 2.25. The lowest BCUT2D eigenvalue weighted by Gasteiger charge is -2.20. The molecule has 0 aliphatic heterocycles. The standard InChI is InChI=1S/C19H26N4O2/c1-22-18(16-10-6-3-7-11-16)21-23(19(22)25)13-12-20-17(24)14-15-8-4-2-5-9-15/h3,6-7,10-11,15H,2,4-5,8-9,12-14H2,1H3,(H,20,24). The summed E-state index contributed by atoms with van der Waals surface area (Å²) in [6, 6.07) is 9.63. The number of hydrogen-bond acceptors (Lipinski definition) is 3. The number of aromatic nitrogens is 3. The van der Waals surface area contributed by atoms with Crippen LogP contribution in [0.3, 0.4) is 0 Å². The van der Waals surface area contributed by atoms with Crippen molar-refractivity contribution in [1.29, 1.82) is 0 Å². The van der Waals surface area contributed by atoms with Crippen molar-refractivity contribution in [2.24, 2.45) is 13.0 Å². The van der Waals surface area contributed by atoms with E-state index in [0.717, 1.165) is 18.4 Å². The van der Waals surface area contributed by atoms with Crippen molar-refractivity contribution in [3.63, 3.8) is 0 Å². The van der Waals surface area contributed by atoms with Crippen LogP contribution < -0.4 is 11.0 Å². The number of rotatable bonds is 6. The number of hydrogen-bond donors (Lipinski definition) is 1. The van der Waals surface area contributed by atoms with E-state index < -0.39 is 0 Å². The molecule has 6 heteroatoms. The minimum atomic E-state index is -0.166. The van der Waals surface area contributed by atoms with Crippen molar-refractivity contribution in [3.05, 3.63) is 40.8 Å². The zero-order chi connectivity index (χ0) is 17.6. The minimum absolute atomic E-state index is 0.0826. The second kappa shape index (κ2) is 8.14. The van der Waals surface area contributed by atoms with Crippen LogP contribution in [0, 0.1) is 5.92 Å². The highest BCUT2D eigenvalue weighted by molar-refractivity contribution is 5.76. The molecule has 1 N–H and O–H groups in total. The Bertz CT molecular complexity index is 757. The van der Waals surface area contributed by atoms with E-state index in [1.807, 2.05) is 30.3 Å². The van der Waals surface area contributed by atoms with E-state index in [9.17, 15) is 9.59 Å². The normalized spacial score (nSPS) is 15.2. The molecule has 0 bridgehead atoms. The van der Waals surface area contributed by atoms with Crippen LogP contribution in [-0.2, 0) is 18.4 Å². The molecular weight excluding hydrogens is 316 g/mol. The van der Waals surface area contributed by atoms with Gasteiger partial charge in [0.2, 0.25) is 5.91 Å². The number of nitrogens with one attached hydrogen (secondary N) is 1. The van der Waals surface area contributed by atoms with Gasteiger partial charge >= 0.3 is 5.69 Å². The number of amides is 1. The lowest BCUT2D eigenvalue weighted by Crippen LogP contribution is -2.32. The monoisotopic (exact) mass is 342 g/mol. The molecule has 134 valence electrons. The molecule has 25 heavy (non-hydrogen) atoms. The molecule has 0 saturated heterocycles. The maximum absolute atomic E-state index is 12.3. The van der Waals surface area contributed by atoms with Crippen molar-refractivity contribution in [1.82, 2.24) is 19.7 Å². The Balaban J connectivity index is 1.55. The maximum Gasteiger partial charge on any atom is 0.345 e. The number of benzene rings is 1. The molecular formula is C19H26N4O2. The van der Waals surface area contributed by atoms with E-state index in [1.54, 1.807) is 11.6 Å². The van der Waals surface area contributed by atoms with E-state index >= 15 is 0 Å². The molecule has 1 amide bonds. The van der Waals surface area contributed by atoms with Gasteiger partial charge in [0, 0.05) is 25.6 Å². The zero-order valence-electron chi connectivity index (χ0n) is 14.8. The van der Waals surface area contributed by atoms with Gasteiger partial charge in [-0.2, -0.15) is 0 Å². The lowest BCUT2D eigenvalue weighted by atomic mass is 9.87. The molecule has 0 radical (unpaired) electrons. The van der Waals surface area contributed by atoms with Gasteiger partial charge in [-0.3, -0.25) is 9.36 Å². The fourth-order valence-corrected chi connectivity index (χ4v) is 3.50. The fraction of sp³-hybridized carbons (Fsp3) is 0.526. The quantitative estimate of drug-likeness (QED) is 0.876. The van der Waals surface area contributed by atoms with Crippen molar-refractivity contribution in [3.8, 4) is 11.4 Å². The van der Waals surface area contributed by atoms with E-state index in [4.69, 9.17) is 0 Å². The number of nitrogens with zero attached hydrogens (tertiary/aromatic N) is 3. The van der Waals surface area contributed by atoms with E-state index in [1.165, 1.54) is 23.9 Å². The van der Waals surface area contributed by atoms with Crippen LogP contribution in [0.25, 0.3) is 11.4 Å². The minimum Gasteiger partial charge on any atom is -0.354 e. The fourth-order valence-electron chi connectivity index (χ4n) is 3.50. The van der Waals surface area contributed by atoms with Gasteiger partial charge in [-0.05, 0) is 18.8 Å². The molecule has 0 spiro atoms. The topological polar surface area (TPSA) is 68.9 Å². The smallest absolute Gasteiger partial charge is 0.345 e. The van der Waals surface area contributed by atoms with Crippen LogP contribution >= 0.6 is 0 Å². The highest BCUT2D eigenvalue weighted by Gasteiger charge is 2.17. The molecule has 1 aromatic heterocycles. The van der Waals surface area contributed by atoms with Crippen LogP contribution in [0.15, 0.2) is 35.1 Å². The predicted molar refractivity (Wildman–Crippen MR) is 97.1 cm³/mol. The van der Waals surface area contributed by atoms with Crippen LogP contribution in [0.5, 0.6) is 0 Å². The summed E-state index contributed by atoms with van der Waals surface area (Å²) < 4.78 is 2.96. The van der Waals surface area contributed by atoms with Crippen molar-refractivity contribution in [2.75, 3.05) is 6.54 Å². The zero-order valence-corrected chi connectivity index (χ0v) is 14.8. The molecule has 1 heterocycles.